The van der Waals surface area contributed by atoms with E-state index in [0.29, 0.717) is 37.0 Å². The van der Waals surface area contributed by atoms with Crippen LogP contribution in [0, 0.1) is 11.3 Å². The maximum atomic E-state index is 12.7. The molecule has 2 atom stereocenters. The van der Waals surface area contributed by atoms with Crippen molar-refractivity contribution in [2.24, 2.45) is 0 Å². The third-order valence-corrected chi connectivity index (χ3v) is 5.24. The zero-order chi connectivity index (χ0) is 20.8. The summed E-state index contributed by atoms with van der Waals surface area (Å²) in [6.07, 6.45) is -0.603. The molecule has 2 unspecified atom stereocenters. The summed E-state index contributed by atoms with van der Waals surface area (Å²) in [7, 11) is 1.62. The number of halogens is 1. The number of methoxy groups -OCH3 is 1. The highest BCUT2D eigenvalue weighted by molar-refractivity contribution is 6.30. The molecule has 0 aliphatic carbocycles. The molecule has 1 heterocycles. The number of hydrogen-bond donors (Lipinski definition) is 0. The van der Waals surface area contributed by atoms with Crippen LogP contribution < -0.4 is 9.47 Å². The molecule has 0 N–H and O–H groups in total. The predicted octanol–water partition coefficient (Wildman–Crippen LogP) is 3.52. The molecule has 0 bridgehead atoms. The SMILES string of the molecule is COc1ccc(C(C#N)N2CCN(C(=O)C(C)Oc3cccc(Cl)c3)CC2)cc1. The van der Waals surface area contributed by atoms with E-state index in [2.05, 4.69) is 11.0 Å². The summed E-state index contributed by atoms with van der Waals surface area (Å²) in [4.78, 5) is 16.6. The number of nitriles is 1. The van der Waals surface area contributed by atoms with Crippen LogP contribution in [0.15, 0.2) is 48.5 Å². The minimum atomic E-state index is -0.603. The Labute approximate surface area is 176 Å². The van der Waals surface area contributed by atoms with E-state index >= 15 is 0 Å². The van der Waals surface area contributed by atoms with Gasteiger partial charge in [-0.05, 0) is 42.8 Å². The van der Waals surface area contributed by atoms with Gasteiger partial charge in [-0.2, -0.15) is 5.26 Å². The molecular formula is C22H24ClN3O3. The molecule has 1 fully saturated rings. The highest BCUT2D eigenvalue weighted by Gasteiger charge is 2.29. The van der Waals surface area contributed by atoms with Gasteiger partial charge < -0.3 is 14.4 Å². The van der Waals surface area contributed by atoms with E-state index < -0.39 is 6.10 Å². The van der Waals surface area contributed by atoms with Crippen molar-refractivity contribution in [2.45, 2.75) is 19.1 Å². The lowest BCUT2D eigenvalue weighted by Gasteiger charge is -2.37. The van der Waals surface area contributed by atoms with Crippen LogP contribution >= 0.6 is 11.6 Å². The van der Waals surface area contributed by atoms with Crippen molar-refractivity contribution in [3.63, 3.8) is 0 Å². The maximum absolute atomic E-state index is 12.7. The quantitative estimate of drug-likeness (QED) is 0.724. The Bertz CT molecular complexity index is 874. The predicted molar refractivity (Wildman–Crippen MR) is 111 cm³/mol. The molecule has 6 nitrogen and oxygen atoms in total. The van der Waals surface area contributed by atoms with Crippen LogP contribution in [0.1, 0.15) is 18.5 Å². The molecule has 0 spiro atoms. The van der Waals surface area contributed by atoms with E-state index in [-0.39, 0.29) is 11.9 Å². The Hall–Kier alpha value is -2.75. The Morgan fingerprint density at radius 2 is 1.79 bits per heavy atom. The first-order valence-corrected chi connectivity index (χ1v) is 9.88. The van der Waals surface area contributed by atoms with Gasteiger partial charge in [-0.1, -0.05) is 29.8 Å². The van der Waals surface area contributed by atoms with E-state index in [4.69, 9.17) is 21.1 Å². The smallest absolute Gasteiger partial charge is 0.263 e. The van der Waals surface area contributed by atoms with Gasteiger partial charge in [-0.15, -0.1) is 0 Å². The Morgan fingerprint density at radius 1 is 1.10 bits per heavy atom. The van der Waals surface area contributed by atoms with Crippen molar-refractivity contribution in [1.29, 1.82) is 5.26 Å². The average molecular weight is 414 g/mol. The summed E-state index contributed by atoms with van der Waals surface area (Å²) >= 11 is 5.97. The summed E-state index contributed by atoms with van der Waals surface area (Å²) in [5.74, 6) is 1.26. The average Bonchev–Trinajstić information content (AvgIpc) is 2.75. The number of amides is 1. The van der Waals surface area contributed by atoms with Crippen molar-refractivity contribution in [1.82, 2.24) is 9.80 Å². The number of hydrogen-bond acceptors (Lipinski definition) is 5. The summed E-state index contributed by atoms with van der Waals surface area (Å²) in [5, 5.41) is 10.2. The number of ether oxygens (including phenoxy) is 2. The zero-order valence-electron chi connectivity index (χ0n) is 16.5. The number of carbonyl (C=O) groups is 1. The first-order chi connectivity index (χ1) is 14.0. The standard InChI is InChI=1S/C22H24ClN3O3/c1-16(29-20-5-3-4-18(23)14-20)22(27)26-12-10-25(11-13-26)21(15-24)17-6-8-19(28-2)9-7-17/h3-9,14,16,21H,10-13H2,1-2H3. The number of benzene rings is 2. The van der Waals surface area contributed by atoms with Gasteiger partial charge in [0.05, 0.1) is 13.2 Å². The fourth-order valence-electron chi connectivity index (χ4n) is 3.41. The maximum Gasteiger partial charge on any atom is 0.263 e. The van der Waals surface area contributed by atoms with Crippen LogP contribution in [0.5, 0.6) is 11.5 Å². The van der Waals surface area contributed by atoms with Gasteiger partial charge >= 0.3 is 0 Å². The van der Waals surface area contributed by atoms with Gasteiger partial charge in [0.25, 0.3) is 5.91 Å². The lowest BCUT2D eigenvalue weighted by molar-refractivity contribution is -0.139. The second kappa shape index (κ2) is 9.64. The van der Waals surface area contributed by atoms with Crippen molar-refractivity contribution < 1.29 is 14.3 Å². The monoisotopic (exact) mass is 413 g/mol. The van der Waals surface area contributed by atoms with Crippen molar-refractivity contribution in [3.8, 4) is 17.6 Å². The van der Waals surface area contributed by atoms with Crippen LogP contribution in [-0.4, -0.2) is 55.1 Å². The van der Waals surface area contributed by atoms with E-state index in [9.17, 15) is 10.1 Å². The first-order valence-electron chi connectivity index (χ1n) is 9.50. The molecule has 152 valence electrons. The molecule has 3 rings (SSSR count). The van der Waals surface area contributed by atoms with Crippen molar-refractivity contribution >= 4 is 17.5 Å². The van der Waals surface area contributed by atoms with Crippen LogP contribution in [0.25, 0.3) is 0 Å². The second-order valence-electron chi connectivity index (χ2n) is 6.88. The van der Waals surface area contributed by atoms with Crippen LogP contribution in [0.4, 0.5) is 0 Å². The molecule has 7 heteroatoms. The summed E-state index contributed by atoms with van der Waals surface area (Å²) in [5.41, 5.74) is 0.922. The Morgan fingerprint density at radius 3 is 2.38 bits per heavy atom. The number of rotatable bonds is 6. The fraction of sp³-hybridized carbons (Fsp3) is 0.364. The van der Waals surface area contributed by atoms with Crippen molar-refractivity contribution in [2.75, 3.05) is 33.3 Å². The van der Waals surface area contributed by atoms with Gasteiger partial charge in [0.2, 0.25) is 0 Å². The summed E-state index contributed by atoms with van der Waals surface area (Å²) in [6.45, 7) is 4.09. The second-order valence-corrected chi connectivity index (χ2v) is 7.32. The first kappa shape index (κ1) is 21.0. The van der Waals surface area contributed by atoms with Crippen LogP contribution in [0.2, 0.25) is 5.02 Å². The van der Waals surface area contributed by atoms with E-state index in [0.717, 1.165) is 11.3 Å². The highest BCUT2D eigenvalue weighted by Crippen LogP contribution is 2.24. The molecule has 1 saturated heterocycles. The van der Waals surface area contributed by atoms with Crippen molar-refractivity contribution in [3.05, 3.63) is 59.1 Å². The Balaban J connectivity index is 1.57. The van der Waals surface area contributed by atoms with E-state index in [1.165, 1.54) is 0 Å². The molecule has 2 aromatic carbocycles. The zero-order valence-corrected chi connectivity index (χ0v) is 17.3. The van der Waals surface area contributed by atoms with Gasteiger partial charge in [0, 0.05) is 31.2 Å². The van der Waals surface area contributed by atoms with Gasteiger partial charge in [0.15, 0.2) is 6.10 Å². The fourth-order valence-corrected chi connectivity index (χ4v) is 3.59. The highest BCUT2D eigenvalue weighted by atomic mass is 35.5. The third-order valence-electron chi connectivity index (χ3n) is 5.00. The van der Waals surface area contributed by atoms with Gasteiger partial charge in [0.1, 0.15) is 17.5 Å². The van der Waals surface area contributed by atoms with E-state index in [1.807, 2.05) is 24.3 Å². The normalized spacial score (nSPS) is 16.6. The molecule has 1 aliphatic heterocycles. The topological polar surface area (TPSA) is 65.8 Å². The number of carbonyl (C=O) groups excluding carboxylic acids is 1. The molecule has 1 amide bonds. The van der Waals surface area contributed by atoms with E-state index in [1.54, 1.807) is 43.2 Å². The third kappa shape index (κ3) is 5.20. The Kier molecular flexibility index (Phi) is 6.97. The van der Waals surface area contributed by atoms with Gasteiger partial charge in [-0.3, -0.25) is 9.69 Å². The molecule has 29 heavy (non-hydrogen) atoms. The molecule has 0 aromatic heterocycles. The lowest BCUT2D eigenvalue weighted by Crippen LogP contribution is -2.52. The summed E-state index contributed by atoms with van der Waals surface area (Å²) < 4.78 is 10.9. The lowest BCUT2D eigenvalue weighted by atomic mass is 10.1. The summed E-state index contributed by atoms with van der Waals surface area (Å²) in [6, 6.07) is 16.6. The minimum absolute atomic E-state index is 0.0671. The number of piperazine rings is 1. The minimum Gasteiger partial charge on any atom is -0.497 e. The van der Waals surface area contributed by atoms with Crippen LogP contribution in [0.3, 0.4) is 0 Å². The number of nitrogens with zero attached hydrogens (tertiary/aromatic N) is 3. The molecule has 0 saturated carbocycles. The largest absolute Gasteiger partial charge is 0.497 e. The molecule has 2 aromatic rings. The molecular weight excluding hydrogens is 390 g/mol. The molecule has 1 aliphatic rings. The molecule has 0 radical (unpaired) electrons. The van der Waals surface area contributed by atoms with Crippen LogP contribution in [-0.2, 0) is 4.79 Å². The van der Waals surface area contributed by atoms with Gasteiger partial charge in [-0.25, -0.2) is 0 Å².